The van der Waals surface area contributed by atoms with Crippen LogP contribution in [0, 0.1) is 0 Å². The summed E-state index contributed by atoms with van der Waals surface area (Å²) in [7, 11) is 0. The molecule has 24 heavy (non-hydrogen) atoms. The van der Waals surface area contributed by atoms with E-state index in [1.54, 1.807) is 6.92 Å². The molecular weight excluding hydrogens is 312 g/mol. The number of nitrogens with one attached hydrogen (secondary N) is 2. The molecule has 0 radical (unpaired) electrons. The first-order valence-corrected chi connectivity index (χ1v) is 8.02. The van der Waals surface area contributed by atoms with Crippen LogP contribution in [0.15, 0.2) is 18.2 Å². The van der Waals surface area contributed by atoms with Gasteiger partial charge in [-0.1, -0.05) is 6.07 Å². The van der Waals surface area contributed by atoms with E-state index in [1.165, 1.54) is 18.1 Å². The fraction of sp³-hybridized carbons (Fsp3) is 0.471. The Hall–Kier alpha value is -2.57. The third kappa shape index (κ3) is 4.97. The Kier molecular flexibility index (Phi) is 6.17. The summed E-state index contributed by atoms with van der Waals surface area (Å²) >= 11 is 0. The van der Waals surface area contributed by atoms with Gasteiger partial charge in [-0.15, -0.1) is 0 Å². The highest BCUT2D eigenvalue weighted by atomic mass is 16.6. The molecule has 130 valence electrons. The van der Waals surface area contributed by atoms with Crippen molar-refractivity contribution in [1.82, 2.24) is 10.6 Å². The number of fused-ring (bicyclic) bond motifs is 1. The number of hydrogen-bond donors (Lipinski definition) is 2. The summed E-state index contributed by atoms with van der Waals surface area (Å²) < 4.78 is 10.4. The van der Waals surface area contributed by atoms with Crippen molar-refractivity contribution in [3.05, 3.63) is 29.3 Å². The molecule has 1 atom stereocenters. The van der Waals surface area contributed by atoms with Crippen molar-refractivity contribution in [3.8, 4) is 5.75 Å². The average molecular weight is 334 g/mol. The summed E-state index contributed by atoms with van der Waals surface area (Å²) in [5.74, 6) is -0.757. The summed E-state index contributed by atoms with van der Waals surface area (Å²) in [6.45, 7) is 3.21. The molecule has 1 aromatic rings. The Morgan fingerprint density at radius 3 is 2.71 bits per heavy atom. The van der Waals surface area contributed by atoms with Gasteiger partial charge in [-0.2, -0.15) is 0 Å². The molecule has 1 aliphatic rings. The standard InChI is InChI=1S/C17H22N2O5/c1-3-18-17(22)19-16(21)11(2)24-15(20)10-23-14-8-7-12-5-4-6-13(12)9-14/h7-9,11H,3-6,10H2,1-2H3,(H2,18,19,21,22). The number of esters is 1. The number of urea groups is 1. The van der Waals surface area contributed by atoms with Crippen LogP contribution in [0.25, 0.3) is 0 Å². The predicted molar refractivity (Wildman–Crippen MR) is 86.7 cm³/mol. The number of benzene rings is 1. The largest absolute Gasteiger partial charge is 0.482 e. The van der Waals surface area contributed by atoms with Gasteiger partial charge in [0.05, 0.1) is 0 Å². The van der Waals surface area contributed by atoms with Crippen molar-refractivity contribution in [2.75, 3.05) is 13.2 Å². The molecular formula is C17H22N2O5. The molecule has 0 aromatic heterocycles. The minimum absolute atomic E-state index is 0.294. The molecule has 2 rings (SSSR count). The number of aryl methyl sites for hydroxylation is 2. The van der Waals surface area contributed by atoms with Crippen LogP contribution in [0.2, 0.25) is 0 Å². The molecule has 2 N–H and O–H groups in total. The topological polar surface area (TPSA) is 93.7 Å². The SMILES string of the molecule is CCNC(=O)NC(=O)C(C)OC(=O)COc1ccc2c(c1)CCC2. The molecule has 0 saturated carbocycles. The monoisotopic (exact) mass is 334 g/mol. The quantitative estimate of drug-likeness (QED) is 0.766. The van der Waals surface area contributed by atoms with Gasteiger partial charge in [0.1, 0.15) is 5.75 Å². The van der Waals surface area contributed by atoms with E-state index < -0.39 is 24.0 Å². The second kappa shape index (κ2) is 8.33. The van der Waals surface area contributed by atoms with Crippen LogP contribution in [0.5, 0.6) is 5.75 Å². The smallest absolute Gasteiger partial charge is 0.344 e. The highest BCUT2D eigenvalue weighted by Gasteiger charge is 2.20. The van der Waals surface area contributed by atoms with Crippen LogP contribution in [-0.4, -0.2) is 37.2 Å². The normalized spacial score (nSPS) is 13.6. The minimum Gasteiger partial charge on any atom is -0.482 e. The first-order valence-electron chi connectivity index (χ1n) is 8.02. The molecule has 1 unspecified atom stereocenters. The Labute approximate surface area is 140 Å². The summed E-state index contributed by atoms with van der Waals surface area (Å²) in [6.07, 6.45) is 2.16. The number of carbonyl (C=O) groups is 3. The van der Waals surface area contributed by atoms with Crippen molar-refractivity contribution < 1.29 is 23.9 Å². The third-order valence-corrected chi connectivity index (χ3v) is 3.68. The Morgan fingerprint density at radius 2 is 1.96 bits per heavy atom. The fourth-order valence-electron chi connectivity index (χ4n) is 2.48. The van der Waals surface area contributed by atoms with Crippen LogP contribution in [-0.2, 0) is 27.2 Å². The number of hydrogen-bond acceptors (Lipinski definition) is 5. The number of amides is 3. The zero-order valence-electron chi connectivity index (χ0n) is 13.9. The number of rotatable bonds is 6. The first-order chi connectivity index (χ1) is 11.5. The first kappa shape index (κ1) is 17.8. The van der Waals surface area contributed by atoms with Gasteiger partial charge in [0.15, 0.2) is 12.7 Å². The van der Waals surface area contributed by atoms with Crippen molar-refractivity contribution in [3.63, 3.8) is 0 Å². The molecule has 0 bridgehead atoms. The summed E-state index contributed by atoms with van der Waals surface area (Å²) in [6, 6.07) is 5.13. The van der Waals surface area contributed by atoms with E-state index in [4.69, 9.17) is 9.47 Å². The van der Waals surface area contributed by atoms with E-state index in [-0.39, 0.29) is 6.61 Å². The van der Waals surface area contributed by atoms with Gasteiger partial charge in [0.2, 0.25) is 0 Å². The highest BCUT2D eigenvalue weighted by Crippen LogP contribution is 2.25. The maximum atomic E-state index is 11.7. The van der Waals surface area contributed by atoms with Gasteiger partial charge < -0.3 is 14.8 Å². The van der Waals surface area contributed by atoms with Crippen LogP contribution >= 0.6 is 0 Å². The highest BCUT2D eigenvalue weighted by molar-refractivity contribution is 5.97. The Balaban J connectivity index is 1.76. The van der Waals surface area contributed by atoms with E-state index in [9.17, 15) is 14.4 Å². The van der Waals surface area contributed by atoms with E-state index in [2.05, 4.69) is 10.6 Å². The predicted octanol–water partition coefficient (Wildman–Crippen LogP) is 1.33. The van der Waals surface area contributed by atoms with Crippen molar-refractivity contribution >= 4 is 17.9 Å². The van der Waals surface area contributed by atoms with Crippen molar-refractivity contribution in [2.45, 2.75) is 39.2 Å². The van der Waals surface area contributed by atoms with E-state index >= 15 is 0 Å². The maximum absolute atomic E-state index is 11.7. The second-order valence-electron chi connectivity index (χ2n) is 5.55. The van der Waals surface area contributed by atoms with Gasteiger partial charge in [-0.3, -0.25) is 10.1 Å². The summed E-state index contributed by atoms with van der Waals surface area (Å²) in [4.78, 5) is 34.7. The second-order valence-corrected chi connectivity index (χ2v) is 5.55. The van der Waals surface area contributed by atoms with Crippen molar-refractivity contribution in [2.24, 2.45) is 0 Å². The van der Waals surface area contributed by atoms with E-state index in [0.717, 1.165) is 19.3 Å². The lowest BCUT2D eigenvalue weighted by Gasteiger charge is -2.13. The molecule has 7 nitrogen and oxygen atoms in total. The van der Waals surface area contributed by atoms with Gasteiger partial charge in [-0.25, -0.2) is 9.59 Å². The number of ether oxygens (including phenoxy) is 2. The average Bonchev–Trinajstić information content (AvgIpc) is 3.00. The van der Waals surface area contributed by atoms with Crippen LogP contribution in [0.1, 0.15) is 31.4 Å². The summed E-state index contributed by atoms with van der Waals surface area (Å²) in [5, 5.41) is 4.50. The van der Waals surface area contributed by atoms with Gasteiger partial charge in [0.25, 0.3) is 5.91 Å². The maximum Gasteiger partial charge on any atom is 0.344 e. The molecule has 0 aliphatic heterocycles. The lowest BCUT2D eigenvalue weighted by Crippen LogP contribution is -2.44. The zero-order chi connectivity index (χ0) is 17.5. The van der Waals surface area contributed by atoms with Gasteiger partial charge >= 0.3 is 12.0 Å². The third-order valence-electron chi connectivity index (χ3n) is 3.68. The van der Waals surface area contributed by atoms with Gasteiger partial charge in [-0.05, 0) is 56.4 Å². The summed E-state index contributed by atoms with van der Waals surface area (Å²) in [5.41, 5.74) is 2.57. The molecule has 0 saturated heterocycles. The molecule has 3 amide bonds. The Morgan fingerprint density at radius 1 is 1.21 bits per heavy atom. The van der Waals surface area contributed by atoms with Crippen LogP contribution < -0.4 is 15.4 Å². The molecule has 1 aromatic carbocycles. The molecule has 0 spiro atoms. The van der Waals surface area contributed by atoms with E-state index in [0.29, 0.717) is 12.3 Å². The van der Waals surface area contributed by atoms with Crippen LogP contribution in [0.4, 0.5) is 4.79 Å². The Bertz CT molecular complexity index is 629. The number of imide groups is 1. The molecule has 1 aliphatic carbocycles. The van der Waals surface area contributed by atoms with Gasteiger partial charge in [0, 0.05) is 6.54 Å². The van der Waals surface area contributed by atoms with E-state index in [1.807, 2.05) is 18.2 Å². The fourth-order valence-corrected chi connectivity index (χ4v) is 2.48. The van der Waals surface area contributed by atoms with Crippen molar-refractivity contribution in [1.29, 1.82) is 0 Å². The molecule has 0 heterocycles. The molecule has 0 fully saturated rings. The lowest BCUT2D eigenvalue weighted by molar-refractivity contribution is -0.156. The number of carbonyl (C=O) groups excluding carboxylic acids is 3. The van der Waals surface area contributed by atoms with Crippen LogP contribution in [0.3, 0.4) is 0 Å². The minimum atomic E-state index is -1.08. The molecule has 7 heteroatoms. The zero-order valence-corrected chi connectivity index (χ0v) is 13.9. The lowest BCUT2D eigenvalue weighted by atomic mass is 10.1.